The molecule has 0 heterocycles. The molecule has 58 heavy (non-hydrogen) atoms. The summed E-state index contributed by atoms with van der Waals surface area (Å²) in [6.45, 7) is 3.98. The number of carbonyl (C=O) groups excluding carboxylic acids is 2. The van der Waals surface area contributed by atoms with Gasteiger partial charge in [0.05, 0.1) is 13.2 Å². The molecule has 0 aromatic rings. The predicted molar refractivity (Wildman–Crippen MR) is 243 cm³/mol. The number of unbranched alkanes of at least 4 members (excludes halogenated alkanes) is 10. The van der Waals surface area contributed by atoms with Crippen LogP contribution in [0.3, 0.4) is 0 Å². The number of carbonyl (C=O) groups is 2. The Hall–Kier alpha value is -3.07. The Morgan fingerprint density at radius 2 is 1.00 bits per heavy atom. The van der Waals surface area contributed by atoms with Crippen LogP contribution in [-0.2, 0) is 32.7 Å². The van der Waals surface area contributed by atoms with Gasteiger partial charge < -0.3 is 19.7 Å². The first-order valence-corrected chi connectivity index (χ1v) is 23.7. The molecule has 2 atom stereocenters. The van der Waals surface area contributed by atoms with Gasteiger partial charge in [0.2, 0.25) is 0 Å². The lowest BCUT2D eigenvalue weighted by Gasteiger charge is -2.20. The van der Waals surface area contributed by atoms with Gasteiger partial charge in [0.1, 0.15) is 6.61 Å². The summed E-state index contributed by atoms with van der Waals surface area (Å²) in [5.41, 5.74) is 0. The van der Waals surface area contributed by atoms with Crippen molar-refractivity contribution in [2.45, 2.75) is 161 Å². The topological polar surface area (TPSA) is 120 Å². The Morgan fingerprint density at radius 3 is 1.52 bits per heavy atom. The van der Waals surface area contributed by atoms with Gasteiger partial charge in [-0.15, -0.1) is 0 Å². The lowest BCUT2D eigenvalue weighted by atomic mass is 10.1. The normalized spacial score (nSPS) is 14.2. The zero-order valence-corrected chi connectivity index (χ0v) is 37.3. The number of phosphoric ester groups is 1. The molecule has 10 heteroatoms. The van der Waals surface area contributed by atoms with E-state index in [0.29, 0.717) is 19.4 Å². The molecule has 0 aromatic heterocycles. The number of allylic oxidation sites excluding steroid dienone is 16. The van der Waals surface area contributed by atoms with Crippen LogP contribution in [-0.4, -0.2) is 56.3 Å². The molecule has 0 spiro atoms. The van der Waals surface area contributed by atoms with Gasteiger partial charge in [-0.25, -0.2) is 4.57 Å². The number of rotatable bonds is 40. The fourth-order valence-corrected chi connectivity index (χ4v) is 6.11. The van der Waals surface area contributed by atoms with Crippen LogP contribution < -0.4 is 5.32 Å². The van der Waals surface area contributed by atoms with Gasteiger partial charge in [-0.3, -0.25) is 18.6 Å². The summed E-state index contributed by atoms with van der Waals surface area (Å²) >= 11 is 0. The first-order valence-electron chi connectivity index (χ1n) is 22.2. The van der Waals surface area contributed by atoms with Crippen LogP contribution in [0.15, 0.2) is 97.2 Å². The highest BCUT2D eigenvalue weighted by Crippen LogP contribution is 2.43. The van der Waals surface area contributed by atoms with Crippen molar-refractivity contribution in [1.29, 1.82) is 0 Å². The fraction of sp³-hybridized carbons (Fsp3) is 0.625. The summed E-state index contributed by atoms with van der Waals surface area (Å²) in [6.07, 6.45) is 54.6. The quantitative estimate of drug-likeness (QED) is 0.0269. The standard InChI is InChI=1S/C48H80NO8P/c1-4-6-8-10-12-14-16-18-20-22-23-25-27-29-31-33-35-37-39-41-48(51)57-46(45-56-58(52,53)55-43-42-49-3)44-54-47(50)40-38-36-34-32-30-28-26-24-21-19-17-15-13-11-9-7-5-2/h6,8,12,14,18-21,23,25-26,28-29,31-32,34,46,49H,4-5,7,9-11,13,15-17,22,24,27,30,33,35-45H2,1-3H3,(H,52,53)/b8-6-,14-12-,20-18-,21-19-,25-23-,28-26-,31-29-,34-32-. The number of hydrogen-bond donors (Lipinski definition) is 2. The molecule has 0 saturated carbocycles. The van der Waals surface area contributed by atoms with E-state index < -0.39 is 32.5 Å². The van der Waals surface area contributed by atoms with E-state index in [-0.39, 0.29) is 26.1 Å². The number of likely N-dealkylation sites (N-methyl/N-ethyl adjacent to an activating group) is 1. The second-order valence-electron chi connectivity index (χ2n) is 14.1. The fourth-order valence-electron chi connectivity index (χ4n) is 5.36. The number of phosphoric acid groups is 1. The Balaban J connectivity index is 4.39. The zero-order valence-electron chi connectivity index (χ0n) is 36.5. The van der Waals surface area contributed by atoms with Gasteiger partial charge in [0, 0.05) is 19.4 Å². The lowest BCUT2D eigenvalue weighted by Crippen LogP contribution is -2.29. The van der Waals surface area contributed by atoms with Crippen LogP contribution in [0.4, 0.5) is 0 Å². The number of esters is 2. The maximum Gasteiger partial charge on any atom is 0.472 e. The van der Waals surface area contributed by atoms with Crippen molar-refractivity contribution in [3.8, 4) is 0 Å². The molecule has 0 aromatic carbocycles. The Kier molecular flexibility index (Phi) is 41.2. The van der Waals surface area contributed by atoms with E-state index in [1.165, 1.54) is 38.5 Å². The van der Waals surface area contributed by atoms with Crippen molar-refractivity contribution >= 4 is 19.8 Å². The third kappa shape index (κ3) is 42.5. The maximum atomic E-state index is 12.6. The van der Waals surface area contributed by atoms with E-state index in [1.54, 1.807) is 7.05 Å². The van der Waals surface area contributed by atoms with Crippen molar-refractivity contribution < 1.29 is 37.6 Å². The summed E-state index contributed by atoms with van der Waals surface area (Å²) < 4.78 is 33.1. The van der Waals surface area contributed by atoms with E-state index in [1.807, 2.05) is 0 Å². The average Bonchev–Trinajstić information content (AvgIpc) is 3.21. The van der Waals surface area contributed by atoms with Gasteiger partial charge in [0.15, 0.2) is 6.10 Å². The van der Waals surface area contributed by atoms with Crippen molar-refractivity contribution in [1.82, 2.24) is 5.32 Å². The van der Waals surface area contributed by atoms with Crippen LogP contribution in [0.25, 0.3) is 0 Å². The van der Waals surface area contributed by atoms with Crippen molar-refractivity contribution in [3.05, 3.63) is 97.2 Å². The second-order valence-corrected chi connectivity index (χ2v) is 15.6. The smallest absolute Gasteiger partial charge is 0.462 e. The monoisotopic (exact) mass is 830 g/mol. The molecule has 2 unspecified atom stereocenters. The van der Waals surface area contributed by atoms with Gasteiger partial charge in [0.25, 0.3) is 0 Å². The summed E-state index contributed by atoms with van der Waals surface area (Å²) in [5.74, 6) is -0.915. The van der Waals surface area contributed by atoms with Crippen LogP contribution >= 0.6 is 7.82 Å². The van der Waals surface area contributed by atoms with Crippen LogP contribution in [0.2, 0.25) is 0 Å². The molecular formula is C48H80NO8P. The summed E-state index contributed by atoms with van der Waals surface area (Å²) in [5, 5.41) is 2.81. The highest BCUT2D eigenvalue weighted by atomic mass is 31.2. The highest BCUT2D eigenvalue weighted by molar-refractivity contribution is 7.47. The van der Waals surface area contributed by atoms with Crippen molar-refractivity contribution in [3.63, 3.8) is 0 Å². The molecule has 0 radical (unpaired) electrons. The number of nitrogens with one attached hydrogen (secondary N) is 1. The lowest BCUT2D eigenvalue weighted by molar-refractivity contribution is -0.161. The third-order valence-electron chi connectivity index (χ3n) is 8.69. The summed E-state index contributed by atoms with van der Waals surface area (Å²) in [7, 11) is -2.69. The molecule has 9 nitrogen and oxygen atoms in total. The SMILES string of the molecule is CC/C=C\C/C=C\C/C=C\C/C=C\C/C=C\CCCCCC(=O)OC(COC(=O)CCC/C=C\C/C=C\C/C=C\CCCCCCCC)COP(=O)(O)OCCNC. The molecule has 0 rings (SSSR count). The first kappa shape index (κ1) is 54.9. The third-order valence-corrected chi connectivity index (χ3v) is 9.67. The van der Waals surface area contributed by atoms with Gasteiger partial charge in [-0.05, 0) is 96.9 Å². The minimum Gasteiger partial charge on any atom is -0.462 e. The highest BCUT2D eigenvalue weighted by Gasteiger charge is 2.26. The maximum absolute atomic E-state index is 12.6. The predicted octanol–water partition coefficient (Wildman–Crippen LogP) is 12.9. The van der Waals surface area contributed by atoms with E-state index in [9.17, 15) is 19.0 Å². The molecule has 0 aliphatic rings. The van der Waals surface area contributed by atoms with Crippen LogP contribution in [0, 0.1) is 0 Å². The Morgan fingerprint density at radius 1 is 0.552 bits per heavy atom. The second kappa shape index (κ2) is 43.5. The molecule has 0 aliphatic carbocycles. The van der Waals surface area contributed by atoms with E-state index in [2.05, 4.69) is 116 Å². The molecule has 2 N–H and O–H groups in total. The van der Waals surface area contributed by atoms with Gasteiger partial charge in [-0.2, -0.15) is 0 Å². The van der Waals surface area contributed by atoms with E-state index in [0.717, 1.165) is 77.0 Å². The zero-order chi connectivity index (χ0) is 42.5. The minimum atomic E-state index is -4.38. The molecular weight excluding hydrogens is 750 g/mol. The van der Waals surface area contributed by atoms with E-state index >= 15 is 0 Å². The molecule has 0 aliphatic heterocycles. The number of hydrogen-bond acceptors (Lipinski definition) is 8. The van der Waals surface area contributed by atoms with Gasteiger partial charge in [-0.1, -0.05) is 150 Å². The van der Waals surface area contributed by atoms with Gasteiger partial charge >= 0.3 is 19.8 Å². The van der Waals surface area contributed by atoms with E-state index in [4.69, 9.17) is 18.5 Å². The van der Waals surface area contributed by atoms with Crippen LogP contribution in [0.1, 0.15) is 155 Å². The number of ether oxygens (including phenoxy) is 2. The first-order chi connectivity index (χ1) is 28.3. The molecule has 330 valence electrons. The average molecular weight is 830 g/mol. The summed E-state index contributed by atoms with van der Waals surface area (Å²) in [6, 6.07) is 0. The van der Waals surface area contributed by atoms with Crippen molar-refractivity contribution in [2.75, 3.05) is 33.4 Å². The van der Waals surface area contributed by atoms with Crippen molar-refractivity contribution in [2.24, 2.45) is 0 Å². The largest absolute Gasteiger partial charge is 0.472 e. The minimum absolute atomic E-state index is 0.0369. The van der Waals surface area contributed by atoms with Crippen LogP contribution in [0.5, 0.6) is 0 Å². The Bertz CT molecular complexity index is 1270. The molecule has 0 saturated heterocycles. The molecule has 0 amide bonds. The molecule has 0 bridgehead atoms. The Labute approximate surface area is 353 Å². The summed E-state index contributed by atoms with van der Waals surface area (Å²) in [4.78, 5) is 35.1. The molecule has 0 fully saturated rings.